The van der Waals surface area contributed by atoms with Gasteiger partial charge in [0.05, 0.1) is 12.6 Å². The van der Waals surface area contributed by atoms with Gasteiger partial charge in [-0.2, -0.15) is 0 Å². The van der Waals surface area contributed by atoms with Crippen molar-refractivity contribution in [2.45, 2.75) is 69.2 Å². The Kier molecular flexibility index (Phi) is 9.35. The van der Waals surface area contributed by atoms with Gasteiger partial charge in [0.2, 0.25) is 5.78 Å². The molecule has 1 saturated heterocycles. The van der Waals surface area contributed by atoms with Gasteiger partial charge in [-0.15, -0.1) is 0 Å². The van der Waals surface area contributed by atoms with Crippen LogP contribution >= 0.6 is 0 Å². The summed E-state index contributed by atoms with van der Waals surface area (Å²) in [5, 5.41) is 6.71. The van der Waals surface area contributed by atoms with Crippen LogP contribution in [0.4, 0.5) is 5.82 Å². The van der Waals surface area contributed by atoms with Gasteiger partial charge in [-0.25, -0.2) is 9.78 Å². The summed E-state index contributed by atoms with van der Waals surface area (Å²) in [6.45, 7) is 4.84. The molecule has 0 spiro atoms. The second-order valence-corrected chi connectivity index (χ2v) is 13.1. The number of carbonyl (C=O) groups is 3. The van der Waals surface area contributed by atoms with Crippen molar-refractivity contribution in [2.24, 2.45) is 22.6 Å². The highest BCUT2D eigenvalue weighted by Crippen LogP contribution is 2.58. The number of nitrogens with zero attached hydrogens (tertiary/aromatic N) is 2. The summed E-state index contributed by atoms with van der Waals surface area (Å²) in [5.74, 6) is -0.714. The lowest BCUT2D eigenvalue weighted by Gasteiger charge is -2.36. The number of guanidine groups is 1. The summed E-state index contributed by atoms with van der Waals surface area (Å²) in [4.78, 5) is 50.4. The number of aromatic nitrogens is 1. The number of carbonyl (C=O) groups excluding carboxylic acids is 3. The van der Waals surface area contributed by atoms with Crippen molar-refractivity contribution in [2.75, 3.05) is 25.9 Å². The Balaban J connectivity index is 1.25. The van der Waals surface area contributed by atoms with Gasteiger partial charge in [0, 0.05) is 42.8 Å². The number of rotatable bonds is 11. The Morgan fingerprint density at radius 1 is 1.23 bits per heavy atom. The topological polar surface area (TPSA) is 174 Å². The molecule has 48 heavy (non-hydrogen) atoms. The molecule has 0 amide bonds. The molecule has 252 valence electrons. The quantitative estimate of drug-likeness (QED) is 0.0694. The number of ether oxygens (including phenoxy) is 2. The lowest BCUT2D eigenvalue weighted by atomic mass is 9.72. The van der Waals surface area contributed by atoms with Gasteiger partial charge in [0.1, 0.15) is 5.82 Å². The maximum Gasteiger partial charge on any atom is 0.350 e. The van der Waals surface area contributed by atoms with Gasteiger partial charge < -0.3 is 31.6 Å². The number of ketones is 2. The minimum atomic E-state index is -2.04. The van der Waals surface area contributed by atoms with Crippen LogP contribution in [0.1, 0.15) is 78.3 Å². The number of nitrogens with two attached hydrogens (primary N) is 2. The molecule has 6 N–H and O–H groups in total. The van der Waals surface area contributed by atoms with E-state index in [1.165, 1.54) is 5.57 Å². The van der Waals surface area contributed by atoms with Crippen LogP contribution in [0.3, 0.4) is 0 Å². The van der Waals surface area contributed by atoms with Crippen molar-refractivity contribution in [1.82, 2.24) is 15.6 Å². The zero-order valence-electron chi connectivity index (χ0n) is 27.7. The Labute approximate surface area is 280 Å². The molecule has 6 atom stereocenters. The van der Waals surface area contributed by atoms with Crippen LogP contribution in [-0.2, 0) is 14.3 Å². The highest BCUT2D eigenvalue weighted by Gasteiger charge is 2.85. The first-order chi connectivity index (χ1) is 23.1. The highest BCUT2D eigenvalue weighted by molar-refractivity contribution is 6.32. The van der Waals surface area contributed by atoms with E-state index in [0.717, 1.165) is 36.9 Å². The van der Waals surface area contributed by atoms with Crippen LogP contribution in [0.2, 0.25) is 0 Å². The Hall–Kier alpha value is -4.61. The average Bonchev–Trinajstić information content (AvgIpc) is 3.80. The first kappa shape index (κ1) is 33.3. The summed E-state index contributed by atoms with van der Waals surface area (Å²) >= 11 is 0. The van der Waals surface area contributed by atoms with Gasteiger partial charge in [0.15, 0.2) is 17.3 Å². The fourth-order valence-electron chi connectivity index (χ4n) is 7.47. The predicted molar refractivity (Wildman–Crippen MR) is 183 cm³/mol. The predicted octanol–water partition coefficient (Wildman–Crippen LogP) is 3.99. The maximum absolute atomic E-state index is 14.1. The van der Waals surface area contributed by atoms with Crippen molar-refractivity contribution >= 4 is 29.3 Å². The first-order valence-corrected chi connectivity index (χ1v) is 16.7. The van der Waals surface area contributed by atoms with E-state index in [0.29, 0.717) is 18.2 Å². The standard InChI is InChI=1S/C37H44N6O5/c1-4-41-29-19-24-10-6-5-9-23(24)18-26(29)21-47-34(46)37-33(45)28-12-8-7-11-27(28)32(44)36(37,48-37)15-13-22(2)17-30(43-35(39)40-3)25-14-16-42-31(38)20-25/h6-8,10-14,16,19-20,23,26,29-30,41H,4-5,9,15,17-18,21H2,1-3H3,(H2,38,42)(H3,39,40,43). The molecule has 1 aromatic carbocycles. The number of epoxide rings is 1. The molecule has 2 heterocycles. The number of hydrogen-bond acceptors (Lipinski definition) is 9. The molecule has 0 radical (unpaired) electrons. The molecule has 4 aliphatic rings. The van der Waals surface area contributed by atoms with Crippen molar-refractivity contribution in [1.29, 1.82) is 0 Å². The van der Waals surface area contributed by atoms with Gasteiger partial charge in [0.25, 0.3) is 5.60 Å². The fourth-order valence-corrected chi connectivity index (χ4v) is 7.47. The number of likely N-dealkylation sites (N-methyl/N-ethyl adjacent to an activating group) is 1. The number of esters is 1. The van der Waals surface area contributed by atoms with Crippen LogP contribution in [0.25, 0.3) is 0 Å². The molecule has 0 saturated carbocycles. The van der Waals surface area contributed by atoms with E-state index in [-0.39, 0.29) is 48.1 Å². The molecule has 1 aromatic heterocycles. The van der Waals surface area contributed by atoms with E-state index in [1.807, 2.05) is 26.0 Å². The number of nitrogens with one attached hydrogen (secondary N) is 2. The van der Waals surface area contributed by atoms with E-state index in [9.17, 15) is 14.4 Å². The number of nitrogen functional groups attached to an aromatic ring is 1. The maximum atomic E-state index is 14.1. The number of fused-ring (bicyclic) bond motifs is 3. The van der Waals surface area contributed by atoms with Crippen molar-refractivity contribution < 1.29 is 23.9 Å². The Bertz CT molecular complexity index is 1730. The van der Waals surface area contributed by atoms with Crippen LogP contribution in [0, 0.1) is 11.8 Å². The van der Waals surface area contributed by atoms with E-state index in [4.69, 9.17) is 20.9 Å². The molecular weight excluding hydrogens is 608 g/mol. The second-order valence-electron chi connectivity index (χ2n) is 13.1. The van der Waals surface area contributed by atoms with Gasteiger partial charge in [-0.3, -0.25) is 14.6 Å². The normalized spacial score (nSPS) is 28.5. The number of benzene rings is 1. The Morgan fingerprint density at radius 2 is 2.00 bits per heavy atom. The monoisotopic (exact) mass is 652 g/mol. The largest absolute Gasteiger partial charge is 0.463 e. The van der Waals surface area contributed by atoms with E-state index < -0.39 is 28.7 Å². The van der Waals surface area contributed by atoms with E-state index in [1.54, 1.807) is 43.6 Å². The first-order valence-electron chi connectivity index (χ1n) is 16.7. The minimum Gasteiger partial charge on any atom is -0.463 e. The smallest absolute Gasteiger partial charge is 0.350 e. The number of hydrogen-bond donors (Lipinski definition) is 4. The lowest BCUT2D eigenvalue weighted by molar-refractivity contribution is -0.150. The van der Waals surface area contributed by atoms with Crippen LogP contribution in [0.5, 0.6) is 0 Å². The molecular formula is C37H44N6O5. The zero-order chi connectivity index (χ0) is 34.1. The van der Waals surface area contributed by atoms with Crippen LogP contribution in [0.15, 0.2) is 83.0 Å². The summed E-state index contributed by atoms with van der Waals surface area (Å²) in [7, 11) is 1.59. The molecule has 11 heteroatoms. The molecule has 6 rings (SSSR count). The number of Topliss-reactive ketones (excluding diaryl/α,β-unsaturated/α-hetero) is 2. The molecule has 1 fully saturated rings. The van der Waals surface area contributed by atoms with Gasteiger partial charge in [-0.1, -0.05) is 61.1 Å². The summed E-state index contributed by atoms with van der Waals surface area (Å²) in [6, 6.07) is 9.87. The van der Waals surface area contributed by atoms with Gasteiger partial charge in [-0.05, 0) is 68.3 Å². The second kappa shape index (κ2) is 13.5. The lowest BCUT2D eigenvalue weighted by Crippen LogP contribution is -2.51. The third kappa shape index (κ3) is 5.97. The zero-order valence-corrected chi connectivity index (χ0v) is 27.7. The Morgan fingerprint density at radius 3 is 2.73 bits per heavy atom. The van der Waals surface area contributed by atoms with Crippen molar-refractivity contribution in [3.8, 4) is 0 Å². The highest BCUT2D eigenvalue weighted by atomic mass is 16.7. The summed E-state index contributed by atoms with van der Waals surface area (Å²) < 4.78 is 12.1. The third-order valence-electron chi connectivity index (χ3n) is 10.1. The third-order valence-corrected chi connectivity index (χ3v) is 10.1. The van der Waals surface area contributed by atoms with Crippen LogP contribution in [-0.4, -0.2) is 65.9 Å². The summed E-state index contributed by atoms with van der Waals surface area (Å²) in [6.07, 6.45) is 13.5. The van der Waals surface area contributed by atoms with Crippen LogP contribution < -0.4 is 22.1 Å². The number of aliphatic imine (C=N–C) groups is 1. The minimum absolute atomic E-state index is 0.0132. The van der Waals surface area contributed by atoms with Gasteiger partial charge >= 0.3 is 5.97 Å². The fraction of sp³-hybridized carbons (Fsp3) is 0.432. The molecule has 1 aliphatic heterocycles. The molecule has 11 nitrogen and oxygen atoms in total. The summed E-state index contributed by atoms with van der Waals surface area (Å²) in [5.41, 5.74) is 11.7. The molecule has 3 aliphatic carbocycles. The number of pyridine rings is 1. The molecule has 6 unspecified atom stereocenters. The number of allylic oxidation sites excluding steroid dienone is 3. The molecule has 0 bridgehead atoms. The van der Waals surface area contributed by atoms with E-state index in [2.05, 4.69) is 38.8 Å². The van der Waals surface area contributed by atoms with Crippen molar-refractivity contribution in [3.63, 3.8) is 0 Å². The van der Waals surface area contributed by atoms with Crippen molar-refractivity contribution in [3.05, 3.63) is 94.7 Å². The van der Waals surface area contributed by atoms with E-state index >= 15 is 0 Å². The SMILES string of the molecule is CCNC1C=C2C=CCCC2CC1COC(=O)C12OC1(CC=C(C)CC(NC(N)=NC)c1ccnc(N)c1)C(=O)c1ccccc1C2=O. The number of anilines is 1. The molecule has 2 aromatic rings. The average molecular weight is 653 g/mol.